The van der Waals surface area contributed by atoms with Crippen molar-refractivity contribution in [2.45, 2.75) is 25.9 Å². The van der Waals surface area contributed by atoms with Gasteiger partial charge in [-0.3, -0.25) is 24.1 Å². The van der Waals surface area contributed by atoms with E-state index in [-0.39, 0.29) is 30.0 Å². The number of rotatable bonds is 8. The van der Waals surface area contributed by atoms with E-state index in [2.05, 4.69) is 22.1 Å². The zero-order chi connectivity index (χ0) is 35.8. The van der Waals surface area contributed by atoms with Gasteiger partial charge in [-0.25, -0.2) is 4.39 Å². The molecule has 1 saturated heterocycles. The largest absolute Gasteiger partial charge is 0.505 e. The number of halogens is 2. The molecule has 2 aliphatic rings. The summed E-state index contributed by atoms with van der Waals surface area (Å²) < 4.78 is 29.3. The summed E-state index contributed by atoms with van der Waals surface area (Å²) in [4.78, 5) is 35.0. The molecule has 1 N–H and O–H groups in total. The van der Waals surface area contributed by atoms with Crippen molar-refractivity contribution in [3.63, 3.8) is 0 Å². The number of aryl methyl sites for hydroxylation is 1. The number of nitrogens with zero attached hydrogens (tertiary/aromatic N) is 6. The van der Waals surface area contributed by atoms with Crippen molar-refractivity contribution in [3.05, 3.63) is 113 Å². The maximum absolute atomic E-state index is 14.8. The molecule has 0 saturated carbocycles. The second-order valence-corrected chi connectivity index (χ2v) is 13.1. The van der Waals surface area contributed by atoms with E-state index in [1.807, 2.05) is 41.6 Å². The molecule has 1 atom stereocenters. The SMILES string of the molecule is COc1ccc(C(=O)N2Cc3ccccc3C[C@H]2CN2CCOCC2)c(-c2cc(C(=O)N(c3ccc(O)c(F)c3)c3cnn(C)c3)c(C)n2C)c1.Cl. The van der Waals surface area contributed by atoms with Crippen LogP contribution in [0.1, 0.15) is 37.5 Å². The van der Waals surface area contributed by atoms with Gasteiger partial charge in [0.25, 0.3) is 11.8 Å². The zero-order valence-corrected chi connectivity index (χ0v) is 30.4. The lowest BCUT2D eigenvalue weighted by atomic mass is 9.92. The number of carbonyl (C=O) groups is 2. The molecule has 0 spiro atoms. The van der Waals surface area contributed by atoms with Gasteiger partial charge in [-0.05, 0) is 60.9 Å². The molecule has 4 heterocycles. The molecule has 0 aliphatic carbocycles. The van der Waals surface area contributed by atoms with E-state index in [0.29, 0.717) is 59.3 Å². The average Bonchev–Trinajstić information content (AvgIpc) is 3.70. The molecule has 2 aliphatic heterocycles. The van der Waals surface area contributed by atoms with Crippen molar-refractivity contribution >= 4 is 35.6 Å². The Morgan fingerprint density at radius 1 is 1.00 bits per heavy atom. The topological polar surface area (TPSA) is 105 Å². The summed E-state index contributed by atoms with van der Waals surface area (Å²) in [6.07, 6.45) is 3.92. The smallest absolute Gasteiger partial charge is 0.264 e. The van der Waals surface area contributed by atoms with Crippen LogP contribution in [0.25, 0.3) is 11.3 Å². The minimum absolute atomic E-state index is 0. The van der Waals surface area contributed by atoms with Crippen molar-refractivity contribution in [1.82, 2.24) is 24.1 Å². The number of methoxy groups -OCH3 is 1. The van der Waals surface area contributed by atoms with Crippen LogP contribution >= 0.6 is 12.4 Å². The van der Waals surface area contributed by atoms with Crippen molar-refractivity contribution in [3.8, 4) is 22.8 Å². The number of anilines is 2. The van der Waals surface area contributed by atoms with Crippen LogP contribution in [-0.2, 0) is 31.8 Å². The Kier molecular flexibility index (Phi) is 10.7. The lowest BCUT2D eigenvalue weighted by Crippen LogP contribution is -2.52. The molecular formula is C39H42ClFN6O5. The third-order valence-corrected chi connectivity index (χ3v) is 10.0. The van der Waals surface area contributed by atoms with Crippen LogP contribution in [0, 0.1) is 12.7 Å². The fourth-order valence-electron chi connectivity index (χ4n) is 7.11. The molecule has 5 aromatic rings. The Bertz CT molecular complexity index is 2110. The molecule has 2 aromatic heterocycles. The van der Waals surface area contributed by atoms with Crippen molar-refractivity contribution in [2.24, 2.45) is 14.1 Å². The fourth-order valence-corrected chi connectivity index (χ4v) is 7.11. The van der Waals surface area contributed by atoms with Gasteiger partial charge in [-0.15, -0.1) is 12.4 Å². The van der Waals surface area contributed by atoms with Gasteiger partial charge in [0.05, 0.1) is 43.5 Å². The number of aromatic hydroxyl groups is 1. The van der Waals surface area contributed by atoms with Gasteiger partial charge in [-0.1, -0.05) is 24.3 Å². The number of carbonyl (C=O) groups excluding carboxylic acids is 2. The van der Waals surface area contributed by atoms with Gasteiger partial charge in [-0.2, -0.15) is 5.10 Å². The van der Waals surface area contributed by atoms with E-state index in [4.69, 9.17) is 9.47 Å². The summed E-state index contributed by atoms with van der Waals surface area (Å²) in [6.45, 7) is 6.03. The molecule has 7 rings (SSSR count). The average molecular weight is 729 g/mol. The molecule has 2 amide bonds. The number of hydrogen-bond acceptors (Lipinski definition) is 7. The number of phenols is 1. The minimum atomic E-state index is -0.855. The number of aromatic nitrogens is 3. The molecular weight excluding hydrogens is 687 g/mol. The van der Waals surface area contributed by atoms with Gasteiger partial charge in [0.2, 0.25) is 0 Å². The molecule has 13 heteroatoms. The predicted octanol–water partition coefficient (Wildman–Crippen LogP) is 5.89. The van der Waals surface area contributed by atoms with Crippen molar-refractivity contribution < 1.29 is 28.6 Å². The Hall–Kier alpha value is -5.17. The Labute approximate surface area is 308 Å². The lowest BCUT2D eigenvalue weighted by Gasteiger charge is -2.40. The molecule has 11 nitrogen and oxygen atoms in total. The number of hydrogen-bond donors (Lipinski definition) is 1. The highest BCUT2D eigenvalue weighted by molar-refractivity contribution is 6.12. The maximum atomic E-state index is 14.8. The van der Waals surface area contributed by atoms with Crippen LogP contribution < -0.4 is 9.64 Å². The first kappa shape index (κ1) is 36.6. The van der Waals surface area contributed by atoms with E-state index >= 15 is 0 Å². The standard InChI is InChI=1S/C39H41FN6O5.ClH/c1-25-33(39(49)46(30-21-41-42(2)23-30)28-9-12-37(47)35(40)18-28)20-36(43(25)3)34-19-31(50-4)10-11-32(34)38(48)45-22-27-8-6-5-7-26(27)17-29(45)24-44-13-15-51-16-14-44;/h5-12,18-21,23,29,47H,13-17,22,24H2,1-4H3;1H/t29-;/m0./s1. The quantitative estimate of drug-likeness (QED) is 0.213. The van der Waals surface area contributed by atoms with Gasteiger partial charge in [0, 0.05) is 81.1 Å². The first-order chi connectivity index (χ1) is 24.6. The first-order valence-corrected chi connectivity index (χ1v) is 17.0. The Balaban J connectivity index is 0.00000464. The number of fused-ring (bicyclic) bond motifs is 1. The third-order valence-electron chi connectivity index (χ3n) is 10.0. The minimum Gasteiger partial charge on any atom is -0.505 e. The number of phenolic OH excluding ortho intramolecular Hbond substituents is 1. The molecule has 1 fully saturated rings. The number of amides is 2. The van der Waals surface area contributed by atoms with Gasteiger partial charge < -0.3 is 24.0 Å². The summed E-state index contributed by atoms with van der Waals surface area (Å²) in [5.41, 5.74) is 5.77. The van der Waals surface area contributed by atoms with Crippen LogP contribution in [0.4, 0.5) is 15.8 Å². The molecule has 272 valence electrons. The Morgan fingerprint density at radius 2 is 1.75 bits per heavy atom. The molecule has 52 heavy (non-hydrogen) atoms. The van der Waals surface area contributed by atoms with Crippen molar-refractivity contribution in [2.75, 3.05) is 44.9 Å². The summed E-state index contributed by atoms with van der Waals surface area (Å²) in [5, 5.41) is 14.1. The highest BCUT2D eigenvalue weighted by atomic mass is 35.5. The third kappa shape index (κ3) is 7.01. The van der Waals surface area contributed by atoms with E-state index in [1.165, 1.54) is 28.8 Å². The second kappa shape index (κ2) is 15.2. The number of benzene rings is 3. The summed E-state index contributed by atoms with van der Waals surface area (Å²) in [7, 11) is 5.15. The van der Waals surface area contributed by atoms with E-state index < -0.39 is 17.5 Å². The second-order valence-electron chi connectivity index (χ2n) is 13.1. The lowest BCUT2D eigenvalue weighted by molar-refractivity contribution is 0.0193. The van der Waals surface area contributed by atoms with Crippen LogP contribution in [-0.4, -0.2) is 87.1 Å². The van der Waals surface area contributed by atoms with E-state index in [1.54, 1.807) is 43.2 Å². The van der Waals surface area contributed by atoms with Crippen LogP contribution in [0.3, 0.4) is 0 Å². The van der Waals surface area contributed by atoms with E-state index in [0.717, 1.165) is 37.7 Å². The van der Waals surface area contributed by atoms with Gasteiger partial charge in [0.1, 0.15) is 5.75 Å². The summed E-state index contributed by atoms with van der Waals surface area (Å²) >= 11 is 0. The summed E-state index contributed by atoms with van der Waals surface area (Å²) in [6, 6.07) is 19.2. The van der Waals surface area contributed by atoms with Crippen LogP contribution in [0.5, 0.6) is 11.5 Å². The normalized spacial score (nSPS) is 15.9. The predicted molar refractivity (Wildman–Crippen MR) is 198 cm³/mol. The zero-order valence-electron chi connectivity index (χ0n) is 29.6. The molecule has 0 bridgehead atoms. The molecule has 0 radical (unpaired) electrons. The van der Waals surface area contributed by atoms with E-state index in [9.17, 15) is 19.1 Å². The summed E-state index contributed by atoms with van der Waals surface area (Å²) in [5.74, 6) is -1.34. The number of morpholine rings is 1. The Morgan fingerprint density at radius 3 is 2.44 bits per heavy atom. The highest BCUT2D eigenvalue weighted by Crippen LogP contribution is 2.36. The maximum Gasteiger partial charge on any atom is 0.264 e. The fraction of sp³-hybridized carbons (Fsp3) is 0.308. The van der Waals surface area contributed by atoms with Crippen LogP contribution in [0.2, 0.25) is 0 Å². The first-order valence-electron chi connectivity index (χ1n) is 17.0. The van der Waals surface area contributed by atoms with Gasteiger partial charge in [0.15, 0.2) is 11.6 Å². The van der Waals surface area contributed by atoms with Crippen molar-refractivity contribution in [1.29, 1.82) is 0 Å². The molecule has 3 aromatic carbocycles. The van der Waals surface area contributed by atoms with Crippen LogP contribution in [0.15, 0.2) is 79.1 Å². The highest BCUT2D eigenvalue weighted by Gasteiger charge is 2.34. The molecule has 0 unspecified atom stereocenters. The monoisotopic (exact) mass is 728 g/mol. The number of ether oxygens (including phenoxy) is 2. The van der Waals surface area contributed by atoms with Gasteiger partial charge >= 0.3 is 0 Å².